The van der Waals surface area contributed by atoms with E-state index in [0.29, 0.717) is 22.5 Å². The smallest absolute Gasteiger partial charge is 0.178 e. The van der Waals surface area contributed by atoms with Gasteiger partial charge in [0.05, 0.1) is 0 Å². The first-order chi connectivity index (χ1) is 10.0. The fourth-order valence-electron chi connectivity index (χ4n) is 2.54. The van der Waals surface area contributed by atoms with E-state index in [1.165, 1.54) is 24.3 Å². The number of hydrogen-bond donors (Lipinski definition) is 4. The Bertz CT molecular complexity index is 868. The third-order valence-electron chi connectivity index (χ3n) is 3.48. The van der Waals surface area contributed by atoms with E-state index in [9.17, 15) is 20.4 Å². The van der Waals surface area contributed by atoms with Crippen LogP contribution in [-0.4, -0.2) is 26.5 Å². The summed E-state index contributed by atoms with van der Waals surface area (Å²) in [6.45, 7) is 0. The Balaban J connectivity index is 1.96. The summed E-state index contributed by atoms with van der Waals surface area (Å²) in [5.41, 5.74) is 0.898. The molecule has 0 amide bonds. The lowest BCUT2D eigenvalue weighted by Gasteiger charge is -2.24. The van der Waals surface area contributed by atoms with Gasteiger partial charge in [0.2, 0.25) is 0 Å². The molecule has 1 aromatic carbocycles. The molecule has 1 aliphatic heterocycles. The first kappa shape index (κ1) is 11.8. The molecular formula is C15H10O6. The van der Waals surface area contributed by atoms with Crippen molar-refractivity contribution in [2.45, 2.75) is 6.10 Å². The second kappa shape index (κ2) is 3.76. The van der Waals surface area contributed by atoms with Crippen LogP contribution in [0, 0.1) is 0 Å². The number of benzene rings is 1. The number of aromatic hydroxyl groups is 2. The second-order valence-electron chi connectivity index (χ2n) is 4.90. The van der Waals surface area contributed by atoms with Crippen molar-refractivity contribution >= 4 is 17.0 Å². The van der Waals surface area contributed by atoms with Crippen LogP contribution < -0.4 is 4.74 Å². The number of furan rings is 1. The Morgan fingerprint density at radius 1 is 0.952 bits per heavy atom. The van der Waals surface area contributed by atoms with Crippen LogP contribution in [0.25, 0.3) is 17.0 Å². The summed E-state index contributed by atoms with van der Waals surface area (Å²) in [5.74, 6) is -0.0944. The van der Waals surface area contributed by atoms with Gasteiger partial charge in [0.1, 0.15) is 28.6 Å². The maximum atomic E-state index is 9.95. The minimum absolute atomic E-state index is 0.119. The van der Waals surface area contributed by atoms with Crippen LogP contribution in [0.4, 0.5) is 0 Å². The van der Waals surface area contributed by atoms with E-state index in [1.807, 2.05) is 0 Å². The largest absolute Gasteiger partial charge is 0.508 e. The predicted molar refractivity (Wildman–Crippen MR) is 73.4 cm³/mol. The predicted octanol–water partition coefficient (Wildman–Crippen LogP) is 2.89. The van der Waals surface area contributed by atoms with Gasteiger partial charge < -0.3 is 29.6 Å². The van der Waals surface area contributed by atoms with Crippen molar-refractivity contribution in [1.29, 1.82) is 0 Å². The first-order valence-corrected chi connectivity index (χ1v) is 6.21. The normalized spacial score (nSPS) is 20.0. The molecule has 4 N–H and O–H groups in total. The van der Waals surface area contributed by atoms with Crippen molar-refractivity contribution in [3.05, 3.63) is 47.1 Å². The van der Waals surface area contributed by atoms with E-state index >= 15 is 0 Å². The molecule has 2 aromatic rings. The van der Waals surface area contributed by atoms with Gasteiger partial charge in [-0.05, 0) is 12.2 Å². The molecule has 0 bridgehead atoms. The summed E-state index contributed by atoms with van der Waals surface area (Å²) >= 11 is 0. The summed E-state index contributed by atoms with van der Waals surface area (Å²) in [6, 6.07) is 2.57. The highest BCUT2D eigenvalue weighted by atomic mass is 16.5. The molecule has 106 valence electrons. The maximum Gasteiger partial charge on any atom is 0.178 e. The Labute approximate surface area is 118 Å². The van der Waals surface area contributed by atoms with E-state index in [-0.39, 0.29) is 28.6 Å². The SMILES string of the molecule is OC1=CC2=Cc3oc4cc(O)cc(O)c4c3OC2C=C1O. The molecule has 1 aromatic heterocycles. The molecule has 6 heteroatoms. The van der Waals surface area contributed by atoms with Gasteiger partial charge in [0.25, 0.3) is 0 Å². The first-order valence-electron chi connectivity index (χ1n) is 6.21. The third-order valence-corrected chi connectivity index (χ3v) is 3.48. The van der Waals surface area contributed by atoms with Crippen LogP contribution in [0.2, 0.25) is 0 Å². The molecule has 0 radical (unpaired) electrons. The number of hydrogen-bond acceptors (Lipinski definition) is 6. The zero-order chi connectivity index (χ0) is 14.7. The van der Waals surface area contributed by atoms with Gasteiger partial charge in [0.15, 0.2) is 23.0 Å². The third kappa shape index (κ3) is 1.59. The zero-order valence-corrected chi connectivity index (χ0v) is 10.6. The maximum absolute atomic E-state index is 9.95. The molecule has 1 aliphatic carbocycles. The van der Waals surface area contributed by atoms with Crippen molar-refractivity contribution < 1.29 is 29.6 Å². The Kier molecular flexibility index (Phi) is 2.11. The number of aliphatic hydroxyl groups is 2. The lowest BCUT2D eigenvalue weighted by atomic mass is 9.99. The molecule has 0 spiro atoms. The number of phenols is 2. The Morgan fingerprint density at radius 3 is 2.57 bits per heavy atom. The van der Waals surface area contributed by atoms with E-state index in [0.717, 1.165) is 0 Å². The number of rotatable bonds is 0. The molecule has 2 heterocycles. The van der Waals surface area contributed by atoms with Crippen molar-refractivity contribution in [1.82, 2.24) is 0 Å². The number of aliphatic hydroxyl groups excluding tert-OH is 2. The lowest BCUT2D eigenvalue weighted by molar-refractivity contribution is 0.256. The van der Waals surface area contributed by atoms with Gasteiger partial charge in [-0.2, -0.15) is 0 Å². The summed E-state index contributed by atoms with van der Waals surface area (Å²) < 4.78 is 11.3. The summed E-state index contributed by atoms with van der Waals surface area (Å²) in [5, 5.41) is 38.9. The second-order valence-corrected chi connectivity index (χ2v) is 4.90. The van der Waals surface area contributed by atoms with Crippen molar-refractivity contribution in [3.63, 3.8) is 0 Å². The monoisotopic (exact) mass is 286 g/mol. The highest BCUT2D eigenvalue weighted by Crippen LogP contribution is 2.45. The van der Waals surface area contributed by atoms with Crippen molar-refractivity contribution in [2.75, 3.05) is 0 Å². The standard InChI is InChI=1S/C15H10O6/c16-7-3-10(19)14-12(4-7)20-13-2-6-1-8(17)9(18)5-11(6)21-15(13)14/h1-5,11,16-19H. The minimum Gasteiger partial charge on any atom is -0.508 e. The van der Waals surface area contributed by atoms with Crippen LogP contribution >= 0.6 is 0 Å². The average Bonchev–Trinajstić information content (AvgIpc) is 2.74. The van der Waals surface area contributed by atoms with Crippen LogP contribution in [0.1, 0.15) is 5.76 Å². The topological polar surface area (TPSA) is 103 Å². The minimum atomic E-state index is -0.581. The van der Waals surface area contributed by atoms with Crippen LogP contribution in [0.5, 0.6) is 17.2 Å². The molecule has 1 atom stereocenters. The van der Waals surface area contributed by atoms with Crippen molar-refractivity contribution in [3.8, 4) is 17.2 Å². The number of fused-ring (bicyclic) bond motifs is 4. The van der Waals surface area contributed by atoms with E-state index in [1.54, 1.807) is 6.08 Å². The Morgan fingerprint density at radius 2 is 1.76 bits per heavy atom. The van der Waals surface area contributed by atoms with Crippen LogP contribution in [-0.2, 0) is 0 Å². The molecule has 0 fully saturated rings. The van der Waals surface area contributed by atoms with Gasteiger partial charge in [0, 0.05) is 23.8 Å². The van der Waals surface area contributed by atoms with Crippen molar-refractivity contribution in [2.24, 2.45) is 0 Å². The van der Waals surface area contributed by atoms with Crippen LogP contribution in [0.3, 0.4) is 0 Å². The molecule has 6 nitrogen and oxygen atoms in total. The molecule has 1 unspecified atom stereocenters. The van der Waals surface area contributed by atoms with Crippen LogP contribution in [0.15, 0.2) is 45.8 Å². The molecule has 4 rings (SSSR count). The van der Waals surface area contributed by atoms with E-state index in [2.05, 4.69) is 0 Å². The highest BCUT2D eigenvalue weighted by Gasteiger charge is 2.30. The fourth-order valence-corrected chi connectivity index (χ4v) is 2.54. The van der Waals surface area contributed by atoms with Gasteiger partial charge >= 0.3 is 0 Å². The zero-order valence-electron chi connectivity index (χ0n) is 10.6. The molecular weight excluding hydrogens is 276 g/mol. The molecule has 0 saturated carbocycles. The molecule has 0 saturated heterocycles. The fraction of sp³-hybridized carbons (Fsp3) is 0.0667. The lowest BCUT2D eigenvalue weighted by Crippen LogP contribution is -2.22. The van der Waals surface area contributed by atoms with Gasteiger partial charge in [-0.25, -0.2) is 0 Å². The Hall–Kier alpha value is -3.02. The summed E-state index contributed by atoms with van der Waals surface area (Å²) in [4.78, 5) is 0. The summed E-state index contributed by atoms with van der Waals surface area (Å²) in [6.07, 6.45) is 3.81. The number of ether oxygens (including phenoxy) is 1. The molecule has 21 heavy (non-hydrogen) atoms. The highest BCUT2D eigenvalue weighted by molar-refractivity contribution is 5.95. The van der Waals surface area contributed by atoms with Gasteiger partial charge in [-0.15, -0.1) is 0 Å². The van der Waals surface area contributed by atoms with Gasteiger partial charge in [-0.1, -0.05) is 0 Å². The quantitative estimate of drug-likeness (QED) is 0.593. The summed E-state index contributed by atoms with van der Waals surface area (Å²) in [7, 11) is 0. The average molecular weight is 286 g/mol. The number of phenolic OH excluding ortho intramolecular Hbond substituents is 2. The van der Waals surface area contributed by atoms with Gasteiger partial charge in [-0.3, -0.25) is 0 Å². The van der Waals surface area contributed by atoms with E-state index < -0.39 is 6.10 Å². The molecule has 2 aliphatic rings. The van der Waals surface area contributed by atoms with E-state index in [4.69, 9.17) is 9.15 Å².